The Hall–Kier alpha value is -2.96. The smallest absolute Gasteiger partial charge is 0.339 e. The first kappa shape index (κ1) is 18.8. The van der Waals surface area contributed by atoms with Crippen molar-refractivity contribution in [2.75, 3.05) is 37.7 Å². The van der Waals surface area contributed by atoms with Crippen LogP contribution in [-0.4, -0.2) is 49.6 Å². The van der Waals surface area contributed by atoms with Crippen molar-refractivity contribution in [3.8, 4) is 0 Å². The van der Waals surface area contributed by atoms with E-state index in [-0.39, 0.29) is 17.3 Å². The van der Waals surface area contributed by atoms with E-state index in [0.717, 1.165) is 6.07 Å². The molecule has 7 heteroatoms. The molecule has 0 radical (unpaired) electrons. The highest BCUT2D eigenvalue weighted by molar-refractivity contribution is 5.92. The maximum Gasteiger partial charge on any atom is 0.339 e. The number of hydrogen-bond donors (Lipinski definition) is 0. The van der Waals surface area contributed by atoms with Gasteiger partial charge in [0.1, 0.15) is 11.6 Å². The molecule has 2 aromatic carbocycles. The maximum absolute atomic E-state index is 13.9. The van der Waals surface area contributed by atoms with Gasteiger partial charge >= 0.3 is 5.97 Å². The zero-order valence-corrected chi connectivity index (χ0v) is 15.0. The summed E-state index contributed by atoms with van der Waals surface area (Å²) in [6, 6.07) is 10.3. The molecule has 3 rings (SSSR count). The lowest BCUT2D eigenvalue weighted by molar-refractivity contribution is -0.134. The number of piperazine rings is 1. The fraction of sp³-hybridized carbons (Fsp3) is 0.300. The van der Waals surface area contributed by atoms with Crippen LogP contribution in [0.15, 0.2) is 42.5 Å². The molecule has 1 saturated heterocycles. The molecule has 0 saturated carbocycles. The highest BCUT2D eigenvalue weighted by atomic mass is 19.1. The first-order valence-corrected chi connectivity index (χ1v) is 8.66. The Balaban J connectivity index is 1.52. The molecule has 1 aliphatic rings. The van der Waals surface area contributed by atoms with E-state index in [1.807, 2.05) is 4.90 Å². The molecule has 27 heavy (non-hydrogen) atoms. The molecule has 0 N–H and O–H groups in total. The summed E-state index contributed by atoms with van der Waals surface area (Å²) in [6.45, 7) is 3.05. The Labute approximate surface area is 156 Å². The number of nitrogens with zero attached hydrogens (tertiary/aromatic N) is 2. The lowest BCUT2D eigenvalue weighted by Gasteiger charge is -2.36. The molecule has 1 amide bonds. The standard InChI is InChI=1S/C20H20F2N2O3/c1-14-6-7-15(21)12-16(14)20(26)27-13-19(25)24-10-8-23(9-11-24)18-5-3-2-4-17(18)22/h2-7,12H,8-11,13H2,1H3. The quantitative estimate of drug-likeness (QED) is 0.773. The van der Waals surface area contributed by atoms with E-state index in [2.05, 4.69) is 0 Å². The summed E-state index contributed by atoms with van der Waals surface area (Å²) >= 11 is 0. The summed E-state index contributed by atoms with van der Waals surface area (Å²) in [5.41, 5.74) is 1.19. The van der Waals surface area contributed by atoms with E-state index in [4.69, 9.17) is 4.74 Å². The van der Waals surface area contributed by atoms with E-state index in [1.165, 1.54) is 18.2 Å². The summed E-state index contributed by atoms with van der Waals surface area (Å²) in [7, 11) is 0. The second kappa shape index (κ2) is 8.16. The van der Waals surface area contributed by atoms with Gasteiger partial charge in [-0.3, -0.25) is 4.79 Å². The predicted octanol–water partition coefficient (Wildman–Crippen LogP) is 2.78. The summed E-state index contributed by atoms with van der Waals surface area (Å²) in [4.78, 5) is 27.8. The first-order chi connectivity index (χ1) is 13.0. The molecule has 0 unspecified atom stereocenters. The van der Waals surface area contributed by atoms with Crippen LogP contribution in [0.2, 0.25) is 0 Å². The fourth-order valence-electron chi connectivity index (χ4n) is 3.02. The molecule has 0 bridgehead atoms. The zero-order chi connectivity index (χ0) is 19.4. The summed E-state index contributed by atoms with van der Waals surface area (Å²) < 4.78 is 32.2. The number of para-hydroxylation sites is 1. The van der Waals surface area contributed by atoms with Crippen LogP contribution in [0.25, 0.3) is 0 Å². The minimum absolute atomic E-state index is 0.104. The average Bonchev–Trinajstić information content (AvgIpc) is 2.68. The Kier molecular flexibility index (Phi) is 5.69. The van der Waals surface area contributed by atoms with Gasteiger partial charge in [0.25, 0.3) is 5.91 Å². The topological polar surface area (TPSA) is 49.9 Å². The molecular weight excluding hydrogens is 354 g/mol. The van der Waals surface area contributed by atoms with Crippen molar-refractivity contribution in [2.24, 2.45) is 0 Å². The second-order valence-electron chi connectivity index (χ2n) is 6.35. The van der Waals surface area contributed by atoms with Crippen LogP contribution >= 0.6 is 0 Å². The molecular formula is C20H20F2N2O3. The van der Waals surface area contributed by atoms with Gasteiger partial charge in [-0.25, -0.2) is 13.6 Å². The molecule has 5 nitrogen and oxygen atoms in total. The van der Waals surface area contributed by atoms with Gasteiger partial charge in [0.2, 0.25) is 0 Å². The summed E-state index contributed by atoms with van der Waals surface area (Å²) in [5, 5.41) is 0. The van der Waals surface area contributed by atoms with Crippen LogP contribution in [0, 0.1) is 18.6 Å². The molecule has 0 aliphatic carbocycles. The highest BCUT2D eigenvalue weighted by Gasteiger charge is 2.24. The zero-order valence-electron chi connectivity index (χ0n) is 15.0. The molecule has 0 spiro atoms. The molecule has 2 aromatic rings. The molecule has 0 aromatic heterocycles. The normalized spacial score (nSPS) is 14.2. The Bertz CT molecular complexity index is 849. The van der Waals surface area contributed by atoms with Gasteiger partial charge in [0.05, 0.1) is 11.3 Å². The number of carbonyl (C=O) groups excluding carboxylic acids is 2. The second-order valence-corrected chi connectivity index (χ2v) is 6.35. The van der Waals surface area contributed by atoms with E-state index in [1.54, 1.807) is 30.0 Å². The lowest BCUT2D eigenvalue weighted by atomic mass is 10.1. The van der Waals surface area contributed by atoms with Crippen molar-refractivity contribution in [1.82, 2.24) is 4.90 Å². The van der Waals surface area contributed by atoms with Crippen LogP contribution in [0.5, 0.6) is 0 Å². The van der Waals surface area contributed by atoms with Crippen molar-refractivity contribution < 1.29 is 23.1 Å². The molecule has 1 heterocycles. The van der Waals surface area contributed by atoms with Gasteiger partial charge < -0.3 is 14.5 Å². The third-order valence-corrected chi connectivity index (χ3v) is 4.57. The number of amides is 1. The minimum Gasteiger partial charge on any atom is -0.452 e. The molecule has 1 fully saturated rings. The minimum atomic E-state index is -0.731. The fourth-order valence-corrected chi connectivity index (χ4v) is 3.02. The number of ether oxygens (including phenoxy) is 1. The lowest BCUT2D eigenvalue weighted by Crippen LogP contribution is -2.50. The van der Waals surface area contributed by atoms with Gasteiger partial charge in [0.15, 0.2) is 6.61 Å². The van der Waals surface area contributed by atoms with Crippen molar-refractivity contribution in [3.05, 3.63) is 65.2 Å². The number of esters is 1. The number of carbonyl (C=O) groups is 2. The van der Waals surface area contributed by atoms with Gasteiger partial charge in [-0.15, -0.1) is 0 Å². The van der Waals surface area contributed by atoms with Crippen LogP contribution in [0.3, 0.4) is 0 Å². The summed E-state index contributed by atoms with van der Waals surface area (Å²) in [6.07, 6.45) is 0. The molecule has 142 valence electrons. The number of halogens is 2. The number of aryl methyl sites for hydroxylation is 1. The predicted molar refractivity (Wildman–Crippen MR) is 96.6 cm³/mol. The highest BCUT2D eigenvalue weighted by Crippen LogP contribution is 2.20. The van der Waals surface area contributed by atoms with E-state index in [0.29, 0.717) is 37.4 Å². The van der Waals surface area contributed by atoms with E-state index < -0.39 is 18.4 Å². The SMILES string of the molecule is Cc1ccc(F)cc1C(=O)OCC(=O)N1CCN(c2ccccc2F)CC1. The van der Waals surface area contributed by atoms with Crippen molar-refractivity contribution >= 4 is 17.6 Å². The van der Waals surface area contributed by atoms with Crippen LogP contribution < -0.4 is 4.90 Å². The van der Waals surface area contributed by atoms with Gasteiger partial charge in [0, 0.05) is 26.2 Å². The summed E-state index contributed by atoms with van der Waals surface area (Å²) in [5.74, 6) is -1.89. The third kappa shape index (κ3) is 4.42. The monoisotopic (exact) mass is 374 g/mol. The largest absolute Gasteiger partial charge is 0.452 e. The van der Waals surface area contributed by atoms with Gasteiger partial charge in [-0.05, 0) is 36.8 Å². The van der Waals surface area contributed by atoms with Crippen molar-refractivity contribution in [2.45, 2.75) is 6.92 Å². The molecule has 1 aliphatic heterocycles. The van der Waals surface area contributed by atoms with Crippen molar-refractivity contribution in [3.63, 3.8) is 0 Å². The average molecular weight is 374 g/mol. The number of anilines is 1. The van der Waals surface area contributed by atoms with Crippen LogP contribution in [0.4, 0.5) is 14.5 Å². The maximum atomic E-state index is 13.9. The Morgan fingerprint density at radius 2 is 1.74 bits per heavy atom. The first-order valence-electron chi connectivity index (χ1n) is 8.66. The van der Waals surface area contributed by atoms with Crippen molar-refractivity contribution in [1.29, 1.82) is 0 Å². The number of hydrogen-bond acceptors (Lipinski definition) is 4. The van der Waals surface area contributed by atoms with Crippen LogP contribution in [-0.2, 0) is 9.53 Å². The Morgan fingerprint density at radius 1 is 1.04 bits per heavy atom. The van der Waals surface area contributed by atoms with Gasteiger partial charge in [-0.2, -0.15) is 0 Å². The van der Waals surface area contributed by atoms with E-state index >= 15 is 0 Å². The number of rotatable bonds is 4. The molecule has 0 atom stereocenters. The van der Waals surface area contributed by atoms with Crippen LogP contribution in [0.1, 0.15) is 15.9 Å². The number of benzene rings is 2. The van der Waals surface area contributed by atoms with E-state index in [9.17, 15) is 18.4 Å². The Morgan fingerprint density at radius 3 is 2.44 bits per heavy atom. The van der Waals surface area contributed by atoms with Gasteiger partial charge in [-0.1, -0.05) is 18.2 Å². The third-order valence-electron chi connectivity index (χ3n) is 4.57.